The molecule has 1 aromatic rings. The Kier molecular flexibility index (Phi) is 8.87. The standard InChI is InChI=1S/C29H39ClN2O8/c1-16-9-8-10-23(37-6)29(38-7)15-21(39-27(35)31-29)17(2)26-28(3,40-26)22(33)14-24(34)32(4)19-12-18(11-16)13-20(36-5)25(19)30/h8-10,12-13,17,21-23,26,33H,11,14-15H2,1-7H3,(H,31,35)/b10-8+,16-9+. The SMILES string of the molecule is COc1cc2cc(c1Cl)N(C)C(=O)CC(O)C1(C)OC1C(C)C1CC(OC)(NC(=O)O1)C(OC)/C=C/C=C(\C)C2. The van der Waals surface area contributed by atoms with Crippen LogP contribution in [0.25, 0.3) is 0 Å². The van der Waals surface area contributed by atoms with Gasteiger partial charge in [0.1, 0.15) is 28.6 Å². The predicted octanol–water partition coefficient (Wildman–Crippen LogP) is 3.77. The lowest BCUT2D eigenvalue weighted by atomic mass is 9.83. The van der Waals surface area contributed by atoms with Gasteiger partial charge in [-0.3, -0.25) is 10.1 Å². The summed E-state index contributed by atoms with van der Waals surface area (Å²) in [6, 6.07) is 3.68. The number of aliphatic hydroxyl groups is 1. The monoisotopic (exact) mass is 578 g/mol. The fourth-order valence-electron chi connectivity index (χ4n) is 5.69. The lowest BCUT2D eigenvalue weighted by Gasteiger charge is -2.44. The molecule has 3 heterocycles. The zero-order valence-electron chi connectivity index (χ0n) is 24.0. The molecular weight excluding hydrogens is 540 g/mol. The van der Waals surface area contributed by atoms with E-state index in [2.05, 4.69) is 5.32 Å². The highest BCUT2D eigenvalue weighted by atomic mass is 35.5. The molecule has 4 rings (SSSR count). The van der Waals surface area contributed by atoms with Gasteiger partial charge in [-0.2, -0.15) is 0 Å². The highest BCUT2D eigenvalue weighted by Crippen LogP contribution is 2.48. The van der Waals surface area contributed by atoms with E-state index in [-0.39, 0.29) is 24.7 Å². The Morgan fingerprint density at radius 3 is 2.60 bits per heavy atom. The number of hydrogen-bond donors (Lipinski definition) is 2. The van der Waals surface area contributed by atoms with Crippen LogP contribution in [-0.2, 0) is 30.2 Å². The van der Waals surface area contributed by atoms with E-state index >= 15 is 0 Å². The maximum absolute atomic E-state index is 13.3. The number of anilines is 1. The normalized spacial score (nSPS) is 37.0. The number of amides is 2. The number of carbonyl (C=O) groups excluding carboxylic acids is 2. The van der Waals surface area contributed by atoms with Gasteiger partial charge < -0.3 is 33.7 Å². The number of fused-ring (bicyclic) bond motifs is 5. The van der Waals surface area contributed by atoms with Crippen LogP contribution in [-0.4, -0.2) is 81.2 Å². The number of methoxy groups -OCH3 is 3. The van der Waals surface area contributed by atoms with E-state index in [1.54, 1.807) is 21.1 Å². The van der Waals surface area contributed by atoms with Crippen molar-refractivity contribution < 1.29 is 38.4 Å². The molecule has 10 nitrogen and oxygen atoms in total. The number of carbonyl (C=O) groups is 2. The molecule has 4 bridgehead atoms. The molecule has 7 atom stereocenters. The average molecular weight is 579 g/mol. The Labute approximate surface area is 240 Å². The van der Waals surface area contributed by atoms with Crippen LogP contribution in [0.5, 0.6) is 5.75 Å². The quantitative estimate of drug-likeness (QED) is 0.520. The third-order valence-corrected chi connectivity index (χ3v) is 8.70. The van der Waals surface area contributed by atoms with Gasteiger partial charge in [-0.25, -0.2) is 4.79 Å². The molecule has 0 saturated carbocycles. The van der Waals surface area contributed by atoms with E-state index in [0.29, 0.717) is 22.9 Å². The minimum absolute atomic E-state index is 0.193. The second-order valence-electron chi connectivity index (χ2n) is 11.0. The molecule has 7 unspecified atom stereocenters. The van der Waals surface area contributed by atoms with Crippen LogP contribution >= 0.6 is 11.6 Å². The van der Waals surface area contributed by atoms with Gasteiger partial charge in [-0.15, -0.1) is 0 Å². The molecule has 3 aliphatic heterocycles. The van der Waals surface area contributed by atoms with Crippen molar-refractivity contribution in [3.8, 4) is 5.75 Å². The van der Waals surface area contributed by atoms with E-state index in [4.69, 9.17) is 35.3 Å². The summed E-state index contributed by atoms with van der Waals surface area (Å²) in [6.07, 6.45) is 2.86. The Morgan fingerprint density at radius 1 is 1.23 bits per heavy atom. The number of benzene rings is 1. The maximum atomic E-state index is 13.3. The van der Waals surface area contributed by atoms with Crippen molar-refractivity contribution in [2.75, 3.05) is 33.3 Å². The minimum atomic E-state index is -1.19. The van der Waals surface area contributed by atoms with Crippen molar-refractivity contribution >= 4 is 29.3 Å². The van der Waals surface area contributed by atoms with Crippen molar-refractivity contribution in [1.29, 1.82) is 0 Å². The lowest BCUT2D eigenvalue weighted by molar-refractivity contribution is -0.161. The zero-order valence-corrected chi connectivity index (χ0v) is 24.8. The number of aliphatic hydroxyl groups excluding tert-OH is 1. The van der Waals surface area contributed by atoms with Crippen LogP contribution in [0.2, 0.25) is 5.02 Å². The zero-order chi connectivity index (χ0) is 29.4. The van der Waals surface area contributed by atoms with E-state index in [0.717, 1.165) is 11.1 Å². The Bertz CT molecular complexity index is 1200. The number of halogens is 1. The molecule has 0 aliphatic carbocycles. The summed E-state index contributed by atoms with van der Waals surface area (Å²) < 4.78 is 28.8. The second kappa shape index (κ2) is 11.7. The molecule has 220 valence electrons. The van der Waals surface area contributed by atoms with Gasteiger partial charge in [0.05, 0.1) is 31.4 Å². The number of rotatable bonds is 3. The Hall–Kier alpha value is -2.63. The number of epoxide rings is 1. The summed E-state index contributed by atoms with van der Waals surface area (Å²) in [5, 5.41) is 14.2. The molecule has 2 N–H and O–H groups in total. The maximum Gasteiger partial charge on any atom is 0.409 e. The molecular formula is C29H39ClN2O8. The van der Waals surface area contributed by atoms with Gasteiger partial charge in [0, 0.05) is 33.6 Å². The molecule has 11 heteroatoms. The van der Waals surface area contributed by atoms with Gasteiger partial charge in [-0.05, 0) is 38.0 Å². The highest BCUT2D eigenvalue weighted by molar-refractivity contribution is 6.35. The highest BCUT2D eigenvalue weighted by Gasteiger charge is 2.63. The van der Waals surface area contributed by atoms with Crippen LogP contribution in [0.4, 0.5) is 10.5 Å². The number of alkyl carbamates (subject to hydrolysis) is 1. The molecule has 3 aliphatic rings. The van der Waals surface area contributed by atoms with E-state index in [9.17, 15) is 14.7 Å². The first kappa shape index (κ1) is 30.3. The number of nitrogens with one attached hydrogen (secondary N) is 1. The predicted molar refractivity (Wildman–Crippen MR) is 150 cm³/mol. The summed E-state index contributed by atoms with van der Waals surface area (Å²) in [5.74, 6) is -0.201. The van der Waals surface area contributed by atoms with Crippen LogP contribution in [0.1, 0.15) is 39.2 Å². The number of allylic oxidation sites excluding steroid dienone is 3. The number of ether oxygens (including phenoxy) is 5. The van der Waals surface area contributed by atoms with E-state index in [1.807, 2.05) is 44.2 Å². The largest absolute Gasteiger partial charge is 0.495 e. The van der Waals surface area contributed by atoms with Crippen LogP contribution < -0.4 is 15.0 Å². The molecule has 2 amide bonds. The van der Waals surface area contributed by atoms with Crippen molar-refractivity contribution in [1.82, 2.24) is 5.32 Å². The van der Waals surface area contributed by atoms with Crippen LogP contribution in [0, 0.1) is 5.92 Å². The molecule has 40 heavy (non-hydrogen) atoms. The molecule has 1 aromatic carbocycles. The molecule has 0 spiro atoms. The summed E-state index contributed by atoms with van der Waals surface area (Å²) in [7, 11) is 6.20. The second-order valence-corrected chi connectivity index (χ2v) is 11.4. The van der Waals surface area contributed by atoms with E-state index < -0.39 is 41.8 Å². The lowest BCUT2D eigenvalue weighted by Crippen LogP contribution is -2.64. The smallest absolute Gasteiger partial charge is 0.409 e. The van der Waals surface area contributed by atoms with Gasteiger partial charge >= 0.3 is 6.09 Å². The van der Waals surface area contributed by atoms with Gasteiger partial charge in [0.2, 0.25) is 5.91 Å². The third kappa shape index (κ3) is 5.73. The first-order valence-corrected chi connectivity index (χ1v) is 13.7. The molecule has 2 fully saturated rings. The van der Waals surface area contributed by atoms with Crippen molar-refractivity contribution in [3.05, 3.63) is 46.5 Å². The molecule has 0 aromatic heterocycles. The summed E-state index contributed by atoms with van der Waals surface area (Å²) >= 11 is 6.61. The molecule has 2 saturated heterocycles. The van der Waals surface area contributed by atoms with E-state index in [1.165, 1.54) is 19.1 Å². The van der Waals surface area contributed by atoms with Crippen LogP contribution in [0.3, 0.4) is 0 Å². The topological polar surface area (TPSA) is 119 Å². The van der Waals surface area contributed by atoms with Gasteiger partial charge in [0.15, 0.2) is 5.72 Å². The summed E-state index contributed by atoms with van der Waals surface area (Å²) in [5.41, 5.74) is 0.193. The molecule has 0 radical (unpaired) electrons. The third-order valence-electron chi connectivity index (χ3n) is 8.32. The Morgan fingerprint density at radius 2 is 1.95 bits per heavy atom. The summed E-state index contributed by atoms with van der Waals surface area (Å²) in [4.78, 5) is 27.5. The first-order valence-electron chi connectivity index (χ1n) is 13.3. The van der Waals surface area contributed by atoms with Crippen molar-refractivity contribution in [3.63, 3.8) is 0 Å². The minimum Gasteiger partial charge on any atom is -0.495 e. The van der Waals surface area contributed by atoms with Gasteiger partial charge in [-0.1, -0.05) is 42.3 Å². The number of hydrogen-bond acceptors (Lipinski definition) is 8. The van der Waals surface area contributed by atoms with Crippen molar-refractivity contribution in [2.24, 2.45) is 5.92 Å². The van der Waals surface area contributed by atoms with Crippen LogP contribution in [0.15, 0.2) is 35.9 Å². The fourth-order valence-corrected chi connectivity index (χ4v) is 6.01. The van der Waals surface area contributed by atoms with Gasteiger partial charge in [0.25, 0.3) is 0 Å². The average Bonchev–Trinajstić information content (AvgIpc) is 3.62. The Balaban J connectivity index is 1.76. The summed E-state index contributed by atoms with van der Waals surface area (Å²) in [6.45, 7) is 5.63. The van der Waals surface area contributed by atoms with Crippen molar-refractivity contribution in [2.45, 2.75) is 75.8 Å². The number of nitrogens with zero attached hydrogens (tertiary/aromatic N) is 1. The fraction of sp³-hybridized carbons (Fsp3) is 0.586. The first-order chi connectivity index (χ1) is 18.9.